The average molecular weight is 321 g/mol. The van der Waals surface area contributed by atoms with Gasteiger partial charge in [0.2, 0.25) is 5.91 Å². The first kappa shape index (κ1) is 19.0. The van der Waals surface area contributed by atoms with Crippen LogP contribution in [0.5, 0.6) is 5.75 Å². The molecule has 0 bridgehead atoms. The highest BCUT2D eigenvalue weighted by atomic mass is 16.5. The number of carboxylic acid groups (broad SMARTS) is 1. The van der Waals surface area contributed by atoms with E-state index >= 15 is 0 Å². The molecule has 2 N–H and O–H groups in total. The Morgan fingerprint density at radius 1 is 1.26 bits per heavy atom. The quantitative estimate of drug-likeness (QED) is 0.733. The first-order valence-corrected chi connectivity index (χ1v) is 8.00. The SMILES string of the molecule is COc1cc(C(=O)O)ccc1CCNC(=O)CC(C)CC(C)C. The van der Waals surface area contributed by atoms with Gasteiger partial charge < -0.3 is 15.2 Å². The van der Waals surface area contributed by atoms with Crippen molar-refractivity contribution in [3.63, 3.8) is 0 Å². The van der Waals surface area contributed by atoms with Crippen LogP contribution >= 0.6 is 0 Å². The minimum Gasteiger partial charge on any atom is -0.496 e. The zero-order chi connectivity index (χ0) is 17.4. The van der Waals surface area contributed by atoms with Crippen LogP contribution in [0.15, 0.2) is 18.2 Å². The van der Waals surface area contributed by atoms with E-state index in [1.807, 2.05) is 0 Å². The summed E-state index contributed by atoms with van der Waals surface area (Å²) in [5.41, 5.74) is 1.07. The van der Waals surface area contributed by atoms with Gasteiger partial charge in [-0.15, -0.1) is 0 Å². The molecule has 23 heavy (non-hydrogen) atoms. The van der Waals surface area contributed by atoms with Gasteiger partial charge in [0.25, 0.3) is 0 Å². The van der Waals surface area contributed by atoms with Crippen molar-refractivity contribution >= 4 is 11.9 Å². The lowest BCUT2D eigenvalue weighted by Gasteiger charge is -2.14. The number of ether oxygens (including phenoxy) is 1. The number of hydrogen-bond donors (Lipinski definition) is 2. The molecule has 0 aromatic heterocycles. The third kappa shape index (κ3) is 6.72. The fourth-order valence-corrected chi connectivity index (χ4v) is 2.70. The van der Waals surface area contributed by atoms with Crippen LogP contribution in [-0.2, 0) is 11.2 Å². The van der Waals surface area contributed by atoms with Crippen molar-refractivity contribution in [2.75, 3.05) is 13.7 Å². The van der Waals surface area contributed by atoms with Crippen LogP contribution in [0.1, 0.15) is 49.5 Å². The molecule has 0 aliphatic rings. The van der Waals surface area contributed by atoms with Gasteiger partial charge in [-0.05, 0) is 42.4 Å². The second kappa shape index (κ2) is 9.18. The number of nitrogens with one attached hydrogen (secondary N) is 1. The van der Waals surface area contributed by atoms with Gasteiger partial charge in [0.1, 0.15) is 5.75 Å². The summed E-state index contributed by atoms with van der Waals surface area (Å²) in [4.78, 5) is 22.9. The molecule has 1 atom stereocenters. The maximum atomic E-state index is 11.9. The third-order valence-electron chi connectivity index (χ3n) is 3.66. The Morgan fingerprint density at radius 3 is 2.52 bits per heavy atom. The van der Waals surface area contributed by atoms with Crippen LogP contribution < -0.4 is 10.1 Å². The van der Waals surface area contributed by atoms with Gasteiger partial charge in [-0.1, -0.05) is 26.8 Å². The highest BCUT2D eigenvalue weighted by molar-refractivity contribution is 5.88. The summed E-state index contributed by atoms with van der Waals surface area (Å²) >= 11 is 0. The van der Waals surface area contributed by atoms with Gasteiger partial charge in [-0.2, -0.15) is 0 Å². The molecule has 0 radical (unpaired) electrons. The second-order valence-corrected chi connectivity index (χ2v) is 6.37. The number of methoxy groups -OCH3 is 1. The maximum absolute atomic E-state index is 11.9. The van der Waals surface area contributed by atoms with Crippen molar-refractivity contribution < 1.29 is 19.4 Å². The number of carboxylic acids is 1. The topological polar surface area (TPSA) is 75.6 Å². The predicted molar refractivity (Wildman–Crippen MR) is 89.9 cm³/mol. The van der Waals surface area contributed by atoms with E-state index in [0.717, 1.165) is 12.0 Å². The molecule has 0 fully saturated rings. The molecule has 0 saturated heterocycles. The van der Waals surface area contributed by atoms with Crippen LogP contribution in [-0.4, -0.2) is 30.6 Å². The van der Waals surface area contributed by atoms with Crippen LogP contribution in [0, 0.1) is 11.8 Å². The second-order valence-electron chi connectivity index (χ2n) is 6.37. The van der Waals surface area contributed by atoms with Crippen molar-refractivity contribution in [2.24, 2.45) is 11.8 Å². The highest BCUT2D eigenvalue weighted by Crippen LogP contribution is 2.20. The lowest BCUT2D eigenvalue weighted by atomic mass is 9.96. The van der Waals surface area contributed by atoms with E-state index in [1.165, 1.54) is 13.2 Å². The molecule has 0 heterocycles. The molecule has 1 unspecified atom stereocenters. The number of hydrogen-bond acceptors (Lipinski definition) is 3. The van der Waals surface area contributed by atoms with Gasteiger partial charge >= 0.3 is 5.97 Å². The highest BCUT2D eigenvalue weighted by Gasteiger charge is 2.12. The maximum Gasteiger partial charge on any atom is 0.335 e. The van der Waals surface area contributed by atoms with E-state index in [-0.39, 0.29) is 11.5 Å². The molecule has 0 aliphatic heterocycles. The average Bonchev–Trinajstić information content (AvgIpc) is 2.46. The largest absolute Gasteiger partial charge is 0.496 e. The number of aromatic carboxylic acids is 1. The minimum absolute atomic E-state index is 0.0549. The lowest BCUT2D eigenvalue weighted by molar-refractivity contribution is -0.121. The fraction of sp³-hybridized carbons (Fsp3) is 0.556. The molecule has 1 aromatic carbocycles. The Hall–Kier alpha value is -2.04. The summed E-state index contributed by atoms with van der Waals surface area (Å²) in [5.74, 6) is 0.572. The fourth-order valence-electron chi connectivity index (χ4n) is 2.70. The van der Waals surface area contributed by atoms with Crippen LogP contribution in [0.2, 0.25) is 0 Å². The molecule has 1 amide bonds. The third-order valence-corrected chi connectivity index (χ3v) is 3.66. The lowest BCUT2D eigenvalue weighted by Crippen LogP contribution is -2.27. The van der Waals surface area contributed by atoms with Crippen molar-refractivity contribution in [3.8, 4) is 5.75 Å². The van der Waals surface area contributed by atoms with E-state index in [0.29, 0.717) is 37.0 Å². The van der Waals surface area contributed by atoms with Crippen molar-refractivity contribution in [1.82, 2.24) is 5.32 Å². The number of amides is 1. The summed E-state index contributed by atoms with van der Waals surface area (Å²) < 4.78 is 5.23. The summed E-state index contributed by atoms with van der Waals surface area (Å²) in [6, 6.07) is 4.78. The van der Waals surface area contributed by atoms with E-state index in [9.17, 15) is 9.59 Å². The van der Waals surface area contributed by atoms with Gasteiger partial charge in [-0.3, -0.25) is 4.79 Å². The molecule has 1 aromatic rings. The number of carbonyl (C=O) groups is 2. The smallest absolute Gasteiger partial charge is 0.335 e. The van der Waals surface area contributed by atoms with E-state index < -0.39 is 5.97 Å². The Bertz CT molecular complexity index is 540. The van der Waals surface area contributed by atoms with Crippen molar-refractivity contribution in [3.05, 3.63) is 29.3 Å². The van der Waals surface area contributed by atoms with Crippen LogP contribution in [0.3, 0.4) is 0 Å². The summed E-state index contributed by atoms with van der Waals surface area (Å²) in [6.07, 6.45) is 2.18. The van der Waals surface area contributed by atoms with E-state index in [2.05, 4.69) is 26.1 Å². The minimum atomic E-state index is -0.984. The van der Waals surface area contributed by atoms with E-state index in [4.69, 9.17) is 9.84 Å². The molecule has 1 rings (SSSR count). The van der Waals surface area contributed by atoms with Crippen LogP contribution in [0.25, 0.3) is 0 Å². The molecular weight excluding hydrogens is 294 g/mol. The zero-order valence-corrected chi connectivity index (χ0v) is 14.4. The van der Waals surface area contributed by atoms with Gasteiger partial charge in [0.05, 0.1) is 12.7 Å². The van der Waals surface area contributed by atoms with E-state index in [1.54, 1.807) is 12.1 Å². The summed E-state index contributed by atoms with van der Waals surface area (Å²) in [5, 5.41) is 11.9. The molecule has 0 saturated carbocycles. The number of carbonyl (C=O) groups excluding carboxylic acids is 1. The summed E-state index contributed by atoms with van der Waals surface area (Å²) in [7, 11) is 1.51. The molecule has 128 valence electrons. The van der Waals surface area contributed by atoms with Gasteiger partial charge in [0, 0.05) is 13.0 Å². The first-order chi connectivity index (χ1) is 10.8. The number of rotatable bonds is 9. The van der Waals surface area contributed by atoms with Gasteiger partial charge in [-0.25, -0.2) is 4.79 Å². The standard InChI is InChI=1S/C18H27NO4/c1-12(2)9-13(3)10-17(20)19-8-7-14-5-6-15(18(21)22)11-16(14)23-4/h5-6,11-13H,7-10H2,1-4H3,(H,19,20)(H,21,22). The summed E-state index contributed by atoms with van der Waals surface area (Å²) in [6.45, 7) is 6.91. The Labute approximate surface area is 138 Å². The van der Waals surface area contributed by atoms with Crippen molar-refractivity contribution in [1.29, 1.82) is 0 Å². The molecule has 0 aliphatic carbocycles. The Morgan fingerprint density at radius 2 is 1.96 bits per heavy atom. The van der Waals surface area contributed by atoms with Crippen molar-refractivity contribution in [2.45, 2.75) is 40.0 Å². The Balaban J connectivity index is 2.49. The molecule has 5 nitrogen and oxygen atoms in total. The Kier molecular flexibility index (Phi) is 7.59. The molecule has 5 heteroatoms. The van der Waals surface area contributed by atoms with Crippen LogP contribution in [0.4, 0.5) is 0 Å². The van der Waals surface area contributed by atoms with Gasteiger partial charge in [0.15, 0.2) is 0 Å². The molecular formula is C18H27NO4. The number of benzene rings is 1. The monoisotopic (exact) mass is 321 g/mol. The predicted octanol–water partition coefficient (Wildman–Crippen LogP) is 3.12. The zero-order valence-electron chi connectivity index (χ0n) is 14.4. The molecule has 0 spiro atoms. The first-order valence-electron chi connectivity index (χ1n) is 8.00. The normalized spacial score (nSPS) is 12.0.